The number of carbonyl (C=O) groups excluding carboxylic acids is 4. The Kier molecular flexibility index (Phi) is 74.5. The highest BCUT2D eigenvalue weighted by molar-refractivity contribution is 7.47. The van der Waals surface area contributed by atoms with E-state index in [1.54, 1.807) is 0 Å². The van der Waals surface area contributed by atoms with E-state index in [4.69, 9.17) is 37.0 Å². The Labute approximate surface area is 653 Å². The summed E-state index contributed by atoms with van der Waals surface area (Å²) in [6.07, 6.45) is 97.1. The zero-order chi connectivity index (χ0) is 78.9. The molecule has 610 valence electrons. The zero-order valence-corrected chi connectivity index (χ0v) is 68.5. The molecule has 0 saturated carbocycles. The lowest BCUT2D eigenvalue weighted by molar-refractivity contribution is -0.161. The Bertz CT molecular complexity index is 2810. The lowest BCUT2D eigenvalue weighted by Gasteiger charge is -2.21. The first kappa shape index (κ1) is 102. The molecule has 17 nitrogen and oxygen atoms in total. The van der Waals surface area contributed by atoms with E-state index in [1.165, 1.54) is 38.5 Å². The van der Waals surface area contributed by atoms with E-state index in [-0.39, 0.29) is 25.7 Å². The third-order valence-corrected chi connectivity index (χ3v) is 18.0. The number of phosphoric acid groups is 2. The second-order valence-corrected chi connectivity index (χ2v) is 29.1. The molecular weight excluding hydrogens is 1400 g/mol. The van der Waals surface area contributed by atoms with E-state index in [0.29, 0.717) is 32.1 Å². The standard InChI is InChI=1S/C89H142O17P2/c1-5-9-13-17-21-25-29-32-35-38-41-44-47-50-54-57-61-65-69-73-86(91)99-79-84(105-88(93)75-71-67-63-59-53-28-24-20-16-12-8-4)81-103-107(95,96)101-77-83(90)78-102-108(97,98)104-82-85(106-89(94)76-72-68-64-60-56-52-49-46-43-40-37-34-31-27-23-19-15-11-7-3)80-100-87(92)74-70-66-62-58-55-51-48-45-42-39-36-33-30-26-22-18-14-10-6-2/h9-11,13-15,21-23,25-27,32-37,41-46,50-52,54-56,62,66,83-85,90H,5-8,12,16-20,24,28-31,38-40,47-49,53,57-61,63-65,67-82H2,1-4H3,(H,95,96)(H,97,98)/b13-9-,14-10-,15-11-,25-21-,26-22-,27-23-,35-32-,36-33-,37-34-,44-41-,45-42-,46-43-,54-50-,55-51-,56-52-,66-62-. The lowest BCUT2D eigenvalue weighted by atomic mass is 10.1. The van der Waals surface area contributed by atoms with Crippen LogP contribution in [0.1, 0.15) is 285 Å². The molecule has 19 heteroatoms. The van der Waals surface area contributed by atoms with Crippen molar-refractivity contribution in [3.63, 3.8) is 0 Å². The minimum Gasteiger partial charge on any atom is -0.462 e. The van der Waals surface area contributed by atoms with Crippen LogP contribution in [0.4, 0.5) is 0 Å². The predicted octanol–water partition coefficient (Wildman–Crippen LogP) is 24.1. The van der Waals surface area contributed by atoms with Gasteiger partial charge in [-0.3, -0.25) is 37.3 Å². The second-order valence-electron chi connectivity index (χ2n) is 26.2. The molecule has 0 fully saturated rings. The Hall–Kier alpha value is -6.10. The van der Waals surface area contributed by atoms with E-state index >= 15 is 0 Å². The van der Waals surface area contributed by atoms with Crippen molar-refractivity contribution in [3.05, 3.63) is 194 Å². The summed E-state index contributed by atoms with van der Waals surface area (Å²) in [7, 11) is -10.0. The van der Waals surface area contributed by atoms with Crippen LogP contribution in [0.3, 0.4) is 0 Å². The molecular formula is C89H142O17P2. The van der Waals surface area contributed by atoms with Gasteiger partial charge < -0.3 is 33.8 Å². The van der Waals surface area contributed by atoms with Gasteiger partial charge in [-0.05, 0) is 154 Å². The van der Waals surface area contributed by atoms with Crippen LogP contribution in [0, 0.1) is 0 Å². The fourth-order valence-electron chi connectivity index (χ4n) is 10.0. The fourth-order valence-corrected chi connectivity index (χ4v) is 11.6. The first-order chi connectivity index (χ1) is 52.7. The summed E-state index contributed by atoms with van der Waals surface area (Å²) in [6, 6.07) is 0. The van der Waals surface area contributed by atoms with Gasteiger partial charge >= 0.3 is 39.5 Å². The normalized spacial score (nSPS) is 14.8. The highest BCUT2D eigenvalue weighted by atomic mass is 31.2. The molecule has 0 spiro atoms. The summed E-state index contributed by atoms with van der Waals surface area (Å²) in [5.74, 6) is -2.36. The molecule has 0 rings (SSSR count). The topological polar surface area (TPSA) is 237 Å². The van der Waals surface area contributed by atoms with Gasteiger partial charge in [-0.1, -0.05) is 299 Å². The summed E-state index contributed by atoms with van der Waals surface area (Å²) in [6.45, 7) is 4.34. The summed E-state index contributed by atoms with van der Waals surface area (Å²) in [4.78, 5) is 73.0. The van der Waals surface area contributed by atoms with Gasteiger partial charge in [0.15, 0.2) is 12.2 Å². The maximum atomic E-state index is 13.1. The highest BCUT2D eigenvalue weighted by Gasteiger charge is 2.30. The van der Waals surface area contributed by atoms with Crippen LogP contribution in [-0.4, -0.2) is 96.7 Å². The number of allylic oxidation sites excluding steroid dienone is 32. The monoisotopic (exact) mass is 1540 g/mol. The second kappa shape index (κ2) is 79.0. The van der Waals surface area contributed by atoms with Gasteiger partial charge in [-0.25, -0.2) is 9.13 Å². The first-order valence-electron chi connectivity index (χ1n) is 40.7. The molecule has 0 amide bonds. The van der Waals surface area contributed by atoms with Crippen molar-refractivity contribution >= 4 is 39.5 Å². The van der Waals surface area contributed by atoms with Gasteiger partial charge in [0.2, 0.25) is 0 Å². The van der Waals surface area contributed by atoms with Crippen LogP contribution in [0.15, 0.2) is 194 Å². The molecule has 5 unspecified atom stereocenters. The SMILES string of the molecule is CC/C=C\C/C=C\C/C=C\C/C=C\C/C=C\C/C=C\CCC(=O)OCC(COP(=O)(O)OCC(O)COP(=O)(O)OCC(COC(=O)CCCCC/C=C\C/C=C\C/C=C\C/C=C\C/C=C\CC)OC(=O)CCCCCCCCCCCCC)OC(=O)CCCCC/C=C\C/C=C\C/C=C\C/C=C\C/C=C\CC. The van der Waals surface area contributed by atoms with Crippen molar-refractivity contribution in [2.24, 2.45) is 0 Å². The first-order valence-corrected chi connectivity index (χ1v) is 43.7. The van der Waals surface area contributed by atoms with E-state index < -0.39 is 97.5 Å². The summed E-state index contributed by atoms with van der Waals surface area (Å²) in [5.41, 5.74) is 0. The average molecular weight is 1550 g/mol. The Balaban J connectivity index is 5.49. The third-order valence-electron chi connectivity index (χ3n) is 16.1. The molecule has 0 aromatic rings. The van der Waals surface area contributed by atoms with Crippen molar-refractivity contribution < 1.29 is 80.2 Å². The quantitative estimate of drug-likeness (QED) is 0.0169. The lowest BCUT2D eigenvalue weighted by Crippen LogP contribution is -2.30. The molecule has 0 aliphatic heterocycles. The minimum atomic E-state index is -5.02. The van der Waals surface area contributed by atoms with Crippen molar-refractivity contribution in [1.82, 2.24) is 0 Å². The number of aliphatic hydroxyl groups is 1. The Morgan fingerprint density at radius 2 is 0.500 bits per heavy atom. The summed E-state index contributed by atoms with van der Waals surface area (Å²) in [5, 5.41) is 10.6. The summed E-state index contributed by atoms with van der Waals surface area (Å²) >= 11 is 0. The number of carbonyl (C=O) groups is 4. The van der Waals surface area contributed by atoms with E-state index in [9.17, 15) is 43.2 Å². The maximum absolute atomic E-state index is 13.1. The van der Waals surface area contributed by atoms with Gasteiger partial charge in [0, 0.05) is 25.7 Å². The molecule has 0 bridgehead atoms. The van der Waals surface area contributed by atoms with Crippen LogP contribution < -0.4 is 0 Å². The minimum absolute atomic E-state index is 0.0204. The van der Waals surface area contributed by atoms with Crippen molar-refractivity contribution in [2.75, 3.05) is 39.6 Å². The van der Waals surface area contributed by atoms with Crippen molar-refractivity contribution in [3.8, 4) is 0 Å². The number of rotatable bonds is 74. The number of hydrogen-bond donors (Lipinski definition) is 3. The molecule has 0 aromatic heterocycles. The molecule has 3 N–H and O–H groups in total. The van der Waals surface area contributed by atoms with Gasteiger partial charge in [0.25, 0.3) is 0 Å². The number of phosphoric ester groups is 2. The van der Waals surface area contributed by atoms with Gasteiger partial charge in [-0.15, -0.1) is 0 Å². The molecule has 0 saturated heterocycles. The van der Waals surface area contributed by atoms with Crippen LogP contribution in [-0.2, 0) is 65.4 Å². The highest BCUT2D eigenvalue weighted by Crippen LogP contribution is 2.45. The van der Waals surface area contributed by atoms with Crippen LogP contribution in [0.25, 0.3) is 0 Å². The molecule has 0 aliphatic rings. The Morgan fingerprint density at radius 1 is 0.269 bits per heavy atom. The molecule has 0 aromatic carbocycles. The smallest absolute Gasteiger partial charge is 0.462 e. The van der Waals surface area contributed by atoms with Crippen molar-refractivity contribution in [1.29, 1.82) is 0 Å². The molecule has 0 aliphatic carbocycles. The van der Waals surface area contributed by atoms with E-state index in [2.05, 4.69) is 204 Å². The van der Waals surface area contributed by atoms with Crippen LogP contribution in [0.2, 0.25) is 0 Å². The van der Waals surface area contributed by atoms with Crippen LogP contribution >= 0.6 is 15.6 Å². The molecule has 108 heavy (non-hydrogen) atoms. The van der Waals surface area contributed by atoms with E-state index in [1.807, 2.05) is 18.2 Å². The van der Waals surface area contributed by atoms with E-state index in [0.717, 1.165) is 161 Å². The predicted molar refractivity (Wildman–Crippen MR) is 445 cm³/mol. The number of unbranched alkanes of at least 4 members (excludes halogenated alkanes) is 16. The number of esters is 4. The molecule has 0 heterocycles. The fraction of sp³-hybridized carbons (Fsp3) is 0.596. The van der Waals surface area contributed by atoms with Gasteiger partial charge in [-0.2, -0.15) is 0 Å². The number of hydrogen-bond acceptors (Lipinski definition) is 15. The average Bonchev–Trinajstić information content (AvgIpc) is 0.917. The molecule has 5 atom stereocenters. The largest absolute Gasteiger partial charge is 0.472 e. The van der Waals surface area contributed by atoms with Gasteiger partial charge in [0.1, 0.15) is 19.3 Å². The summed E-state index contributed by atoms with van der Waals surface area (Å²) < 4.78 is 68.5. The van der Waals surface area contributed by atoms with Crippen molar-refractivity contribution in [2.45, 2.75) is 303 Å². The molecule has 0 radical (unpaired) electrons. The Morgan fingerprint density at radius 3 is 0.796 bits per heavy atom. The van der Waals surface area contributed by atoms with Crippen LogP contribution in [0.5, 0.6) is 0 Å². The van der Waals surface area contributed by atoms with Gasteiger partial charge in [0.05, 0.1) is 26.4 Å². The number of ether oxygens (including phenoxy) is 4. The maximum Gasteiger partial charge on any atom is 0.472 e. The zero-order valence-electron chi connectivity index (χ0n) is 66.7. The number of aliphatic hydroxyl groups excluding tert-OH is 1. The third kappa shape index (κ3) is 78.0.